The molecule has 5 nitrogen and oxygen atoms in total. The van der Waals surface area contributed by atoms with E-state index in [0.29, 0.717) is 22.5 Å². The van der Waals surface area contributed by atoms with Gasteiger partial charge in [-0.05, 0) is 25.1 Å². The van der Waals surface area contributed by atoms with Crippen LogP contribution in [-0.4, -0.2) is 15.5 Å². The fourth-order valence-corrected chi connectivity index (χ4v) is 4.06. The fourth-order valence-electron chi connectivity index (χ4n) is 2.20. The third-order valence-corrected chi connectivity index (χ3v) is 5.48. The maximum absolute atomic E-state index is 12.8. The van der Waals surface area contributed by atoms with Gasteiger partial charge in [0.2, 0.25) is 5.91 Å². The highest BCUT2D eigenvalue weighted by atomic mass is 35.5. The van der Waals surface area contributed by atoms with Gasteiger partial charge in [-0.2, -0.15) is 13.2 Å². The molecule has 3 rings (SSSR count). The molecule has 0 bridgehead atoms. The summed E-state index contributed by atoms with van der Waals surface area (Å²) in [5.41, 5.74) is -1.30. The van der Waals surface area contributed by atoms with Crippen LogP contribution in [0.4, 0.5) is 18.3 Å². The molecule has 0 aromatic carbocycles. The van der Waals surface area contributed by atoms with Gasteiger partial charge >= 0.3 is 6.18 Å². The summed E-state index contributed by atoms with van der Waals surface area (Å²) in [6.07, 6.45) is -4.12. The number of thiophene rings is 1. The van der Waals surface area contributed by atoms with E-state index >= 15 is 0 Å². The summed E-state index contributed by atoms with van der Waals surface area (Å²) in [5, 5.41) is 3.91. The highest BCUT2D eigenvalue weighted by molar-refractivity contribution is 7.17. The molecule has 3 aromatic heterocycles. The van der Waals surface area contributed by atoms with E-state index in [0.717, 1.165) is 9.75 Å². The van der Waals surface area contributed by atoms with Gasteiger partial charge < -0.3 is 9.88 Å². The molecule has 27 heavy (non-hydrogen) atoms. The van der Waals surface area contributed by atoms with Crippen molar-refractivity contribution in [2.24, 2.45) is 0 Å². The maximum atomic E-state index is 12.8. The molecule has 0 saturated carbocycles. The first kappa shape index (κ1) is 19.6. The van der Waals surface area contributed by atoms with Gasteiger partial charge in [0.25, 0.3) is 5.56 Å². The Morgan fingerprint density at radius 2 is 2.11 bits per heavy atom. The van der Waals surface area contributed by atoms with Crippen LogP contribution >= 0.6 is 34.3 Å². The quantitative estimate of drug-likeness (QED) is 0.651. The van der Waals surface area contributed by atoms with Crippen molar-refractivity contribution in [2.45, 2.75) is 19.6 Å². The summed E-state index contributed by atoms with van der Waals surface area (Å²) in [4.78, 5) is 30.4. The molecule has 0 spiro atoms. The summed E-state index contributed by atoms with van der Waals surface area (Å²) in [5.74, 6) is -0.684. The lowest BCUT2D eigenvalue weighted by Crippen LogP contribution is -2.29. The summed E-state index contributed by atoms with van der Waals surface area (Å²) in [7, 11) is 0. The Morgan fingerprint density at radius 3 is 2.74 bits per heavy atom. The van der Waals surface area contributed by atoms with Gasteiger partial charge in [0, 0.05) is 16.5 Å². The Hall–Kier alpha value is -2.17. The SMILES string of the molecule is Cc1ccc(-c2csc(NC(=O)Cn3cc(C(F)(F)F)cc(Cl)c3=O)n2)s1. The van der Waals surface area contributed by atoms with E-state index < -0.39 is 34.8 Å². The first-order chi connectivity index (χ1) is 12.6. The minimum atomic E-state index is -4.68. The lowest BCUT2D eigenvalue weighted by Gasteiger charge is -2.11. The first-order valence-corrected chi connectivity index (χ1v) is 9.50. The Labute approximate surface area is 164 Å². The highest BCUT2D eigenvalue weighted by Crippen LogP contribution is 2.31. The standard InChI is InChI=1S/C16H11ClF3N3O2S2/c1-8-2-3-12(27-8)11-7-26-15(21-11)22-13(24)6-23-5-9(16(18,19)20)4-10(17)14(23)25/h2-5,7H,6H2,1H3,(H,21,22,24). The number of hydrogen-bond acceptors (Lipinski definition) is 5. The van der Waals surface area contributed by atoms with Gasteiger partial charge in [-0.15, -0.1) is 22.7 Å². The summed E-state index contributed by atoms with van der Waals surface area (Å²) in [6.45, 7) is 1.34. The van der Waals surface area contributed by atoms with E-state index in [9.17, 15) is 22.8 Å². The first-order valence-electron chi connectivity index (χ1n) is 7.43. The number of nitrogens with one attached hydrogen (secondary N) is 1. The molecule has 1 N–H and O–H groups in total. The van der Waals surface area contributed by atoms with Gasteiger partial charge in [0.15, 0.2) is 5.13 Å². The second-order valence-electron chi connectivity index (χ2n) is 5.50. The van der Waals surface area contributed by atoms with Crippen LogP contribution in [0, 0.1) is 6.92 Å². The molecule has 0 saturated heterocycles. The predicted octanol–water partition coefficient (Wildman–Crippen LogP) is 4.65. The van der Waals surface area contributed by atoms with Crippen LogP contribution in [0.25, 0.3) is 10.6 Å². The lowest BCUT2D eigenvalue weighted by atomic mass is 10.2. The molecule has 11 heteroatoms. The van der Waals surface area contributed by atoms with Crippen molar-refractivity contribution in [1.29, 1.82) is 0 Å². The molecule has 142 valence electrons. The van der Waals surface area contributed by atoms with Crippen LogP contribution in [0.2, 0.25) is 5.02 Å². The normalized spacial score (nSPS) is 11.6. The van der Waals surface area contributed by atoms with E-state index in [4.69, 9.17) is 11.6 Å². The number of halogens is 4. The number of carbonyl (C=O) groups excluding carboxylic acids is 1. The zero-order valence-electron chi connectivity index (χ0n) is 13.6. The van der Waals surface area contributed by atoms with E-state index in [1.54, 1.807) is 16.7 Å². The summed E-state index contributed by atoms with van der Waals surface area (Å²) < 4.78 is 39.2. The van der Waals surface area contributed by atoms with E-state index in [-0.39, 0.29) is 5.13 Å². The molecule has 0 atom stereocenters. The second kappa shape index (κ2) is 7.45. The number of thiazole rings is 1. The van der Waals surface area contributed by atoms with Crippen LogP contribution in [0.5, 0.6) is 0 Å². The van der Waals surface area contributed by atoms with Gasteiger partial charge in [0.05, 0.1) is 16.1 Å². The van der Waals surface area contributed by atoms with Crippen LogP contribution in [0.1, 0.15) is 10.4 Å². The second-order valence-corrected chi connectivity index (χ2v) is 8.06. The number of amides is 1. The number of anilines is 1. The predicted molar refractivity (Wildman–Crippen MR) is 99.5 cm³/mol. The van der Waals surface area contributed by atoms with Crippen molar-refractivity contribution in [2.75, 3.05) is 5.32 Å². The Morgan fingerprint density at radius 1 is 1.37 bits per heavy atom. The molecule has 0 unspecified atom stereocenters. The molecule has 0 aliphatic heterocycles. The summed E-state index contributed by atoms with van der Waals surface area (Å²) >= 11 is 8.29. The van der Waals surface area contributed by atoms with E-state index in [1.807, 2.05) is 19.1 Å². The minimum Gasteiger partial charge on any atom is -0.304 e. The molecule has 0 aliphatic carbocycles. The highest BCUT2D eigenvalue weighted by Gasteiger charge is 2.32. The average molecular weight is 434 g/mol. The zero-order valence-corrected chi connectivity index (χ0v) is 16.0. The average Bonchev–Trinajstić information content (AvgIpc) is 3.19. The molecule has 3 aromatic rings. The third-order valence-electron chi connectivity index (χ3n) is 3.43. The maximum Gasteiger partial charge on any atom is 0.417 e. The number of hydrogen-bond donors (Lipinski definition) is 1. The van der Waals surface area contributed by atoms with Crippen molar-refractivity contribution in [3.8, 4) is 10.6 Å². The van der Waals surface area contributed by atoms with Gasteiger partial charge in [-0.25, -0.2) is 4.98 Å². The van der Waals surface area contributed by atoms with Crippen molar-refractivity contribution >= 4 is 45.3 Å². The van der Waals surface area contributed by atoms with Crippen LogP contribution in [0.15, 0.2) is 34.6 Å². The van der Waals surface area contributed by atoms with E-state index in [2.05, 4.69) is 10.3 Å². The molecule has 0 fully saturated rings. The minimum absolute atomic E-state index is 0.284. The number of rotatable bonds is 4. The van der Waals surface area contributed by atoms with Crippen LogP contribution in [-0.2, 0) is 17.5 Å². The Kier molecular flexibility index (Phi) is 5.41. The van der Waals surface area contributed by atoms with Gasteiger partial charge in [-0.1, -0.05) is 11.6 Å². The topological polar surface area (TPSA) is 64.0 Å². The smallest absolute Gasteiger partial charge is 0.304 e. The lowest BCUT2D eigenvalue weighted by molar-refractivity contribution is -0.138. The van der Waals surface area contributed by atoms with E-state index in [1.165, 1.54) is 11.3 Å². The van der Waals surface area contributed by atoms with Crippen LogP contribution in [0.3, 0.4) is 0 Å². The fraction of sp³-hybridized carbons (Fsp3) is 0.188. The van der Waals surface area contributed by atoms with Gasteiger partial charge in [0.1, 0.15) is 11.6 Å². The number of carbonyl (C=O) groups is 1. The van der Waals surface area contributed by atoms with Crippen molar-refractivity contribution in [3.05, 3.63) is 55.6 Å². The molecular weight excluding hydrogens is 423 g/mol. The molecular formula is C16H11ClF3N3O2S2. The van der Waals surface area contributed by atoms with Crippen molar-refractivity contribution in [1.82, 2.24) is 9.55 Å². The van der Waals surface area contributed by atoms with Gasteiger partial charge in [-0.3, -0.25) is 9.59 Å². The Bertz CT molecular complexity index is 1060. The molecule has 3 heterocycles. The molecule has 0 aliphatic rings. The Balaban J connectivity index is 1.76. The van der Waals surface area contributed by atoms with Crippen LogP contribution < -0.4 is 10.9 Å². The monoisotopic (exact) mass is 433 g/mol. The van der Waals surface area contributed by atoms with Crippen molar-refractivity contribution < 1.29 is 18.0 Å². The number of aromatic nitrogens is 2. The number of nitrogens with zero attached hydrogens (tertiary/aromatic N) is 2. The molecule has 1 amide bonds. The zero-order chi connectivity index (χ0) is 19.8. The van der Waals surface area contributed by atoms with Crippen molar-refractivity contribution in [3.63, 3.8) is 0 Å². The summed E-state index contributed by atoms with van der Waals surface area (Å²) in [6, 6.07) is 4.39. The largest absolute Gasteiger partial charge is 0.417 e. The number of alkyl halides is 3. The third kappa shape index (κ3) is 4.57. The number of pyridine rings is 1. The number of aryl methyl sites for hydroxylation is 1. The molecule has 0 radical (unpaired) electrons.